The van der Waals surface area contributed by atoms with E-state index in [-0.39, 0.29) is 16.6 Å². The summed E-state index contributed by atoms with van der Waals surface area (Å²) in [6, 6.07) is 9.42. The van der Waals surface area contributed by atoms with E-state index in [1.54, 1.807) is 30.4 Å². The van der Waals surface area contributed by atoms with Gasteiger partial charge in [0.1, 0.15) is 5.82 Å². The summed E-state index contributed by atoms with van der Waals surface area (Å²) in [5, 5.41) is 5.88. The third-order valence-electron chi connectivity index (χ3n) is 4.49. The molecule has 4 rings (SSSR count). The molecular weight excluding hydrogens is 445 g/mol. The number of hydrogen-bond acceptors (Lipinski definition) is 7. The number of aryl methyl sites for hydroxylation is 2. The molecule has 0 fully saturated rings. The summed E-state index contributed by atoms with van der Waals surface area (Å²) in [5.74, 6) is 0.0328. The minimum absolute atomic E-state index is 0.191. The lowest BCUT2D eigenvalue weighted by Gasteiger charge is -2.06. The lowest BCUT2D eigenvalue weighted by molar-refractivity contribution is 0.433. The van der Waals surface area contributed by atoms with Gasteiger partial charge in [-0.05, 0) is 55.5 Å². The molecule has 0 radical (unpaired) electrons. The number of sulfonamides is 1. The van der Waals surface area contributed by atoms with Gasteiger partial charge in [0, 0.05) is 21.9 Å². The minimum atomic E-state index is -3.67. The fourth-order valence-corrected chi connectivity index (χ4v) is 6.40. The van der Waals surface area contributed by atoms with Crippen molar-refractivity contribution in [3.05, 3.63) is 62.9 Å². The molecule has 0 amide bonds. The molecule has 0 saturated heterocycles. The zero-order chi connectivity index (χ0) is 21.3. The van der Waals surface area contributed by atoms with Crippen molar-refractivity contribution in [3.63, 3.8) is 0 Å². The maximum atomic E-state index is 13.4. The number of thiophene rings is 2. The van der Waals surface area contributed by atoms with Crippen molar-refractivity contribution in [1.29, 1.82) is 0 Å². The van der Waals surface area contributed by atoms with Crippen LogP contribution in [0.25, 0.3) is 22.2 Å². The van der Waals surface area contributed by atoms with Crippen LogP contribution in [0.4, 0.5) is 4.39 Å². The van der Waals surface area contributed by atoms with Crippen LogP contribution in [0.15, 0.2) is 51.2 Å². The summed E-state index contributed by atoms with van der Waals surface area (Å²) in [4.78, 5) is 6.80. The smallest absolute Gasteiger partial charge is 0.268 e. The molecule has 0 saturated carbocycles. The van der Waals surface area contributed by atoms with E-state index in [1.165, 1.54) is 35.1 Å². The quantitative estimate of drug-likeness (QED) is 0.425. The van der Waals surface area contributed by atoms with Crippen LogP contribution in [0.5, 0.6) is 0 Å². The number of nitrogens with one attached hydrogen (secondary N) is 1. The van der Waals surface area contributed by atoms with Gasteiger partial charge in [0.15, 0.2) is 0 Å². The largest absolute Gasteiger partial charge is 0.333 e. The molecule has 1 aromatic carbocycles. The molecule has 3 aromatic heterocycles. The summed E-state index contributed by atoms with van der Waals surface area (Å²) < 4.78 is 46.9. The molecule has 3 heterocycles. The predicted octanol–water partition coefficient (Wildman–Crippen LogP) is 4.80. The second-order valence-electron chi connectivity index (χ2n) is 6.64. The molecule has 0 aliphatic heterocycles. The molecule has 4 aromatic rings. The Balaban J connectivity index is 1.52. The topological polar surface area (TPSA) is 85.1 Å². The molecule has 0 bridgehead atoms. The van der Waals surface area contributed by atoms with Crippen molar-refractivity contribution in [1.82, 2.24) is 14.9 Å². The van der Waals surface area contributed by atoms with Gasteiger partial charge in [-0.2, -0.15) is 4.98 Å². The van der Waals surface area contributed by atoms with Crippen molar-refractivity contribution in [3.8, 4) is 22.2 Å². The van der Waals surface area contributed by atoms with Gasteiger partial charge >= 0.3 is 0 Å². The van der Waals surface area contributed by atoms with Crippen LogP contribution >= 0.6 is 22.7 Å². The fourth-order valence-electron chi connectivity index (χ4n) is 2.94. The predicted molar refractivity (Wildman–Crippen MR) is 116 cm³/mol. The van der Waals surface area contributed by atoms with E-state index < -0.39 is 15.8 Å². The van der Waals surface area contributed by atoms with Crippen molar-refractivity contribution < 1.29 is 17.3 Å². The summed E-state index contributed by atoms with van der Waals surface area (Å²) in [7, 11) is -3.67. The molecule has 6 nitrogen and oxygen atoms in total. The van der Waals surface area contributed by atoms with E-state index in [9.17, 15) is 12.8 Å². The van der Waals surface area contributed by atoms with Gasteiger partial charge in [-0.3, -0.25) is 0 Å². The molecule has 10 heteroatoms. The Kier molecular flexibility index (Phi) is 5.83. The van der Waals surface area contributed by atoms with Crippen LogP contribution in [0.1, 0.15) is 15.3 Å². The second-order valence-corrected chi connectivity index (χ2v) is 10.6. The highest BCUT2D eigenvalue weighted by atomic mass is 32.2. The van der Waals surface area contributed by atoms with Crippen molar-refractivity contribution in [2.75, 3.05) is 6.54 Å². The highest BCUT2D eigenvalue weighted by Gasteiger charge is 2.23. The van der Waals surface area contributed by atoms with Gasteiger partial charge in [0.25, 0.3) is 5.89 Å². The molecule has 0 aliphatic carbocycles. The number of nitrogens with zero attached hydrogens (tertiary/aromatic N) is 2. The first-order valence-corrected chi connectivity index (χ1v) is 12.2. The Hall–Kier alpha value is -2.40. The van der Waals surface area contributed by atoms with E-state index in [2.05, 4.69) is 14.9 Å². The van der Waals surface area contributed by atoms with Crippen molar-refractivity contribution >= 4 is 32.7 Å². The zero-order valence-electron chi connectivity index (χ0n) is 16.2. The molecule has 1 N–H and O–H groups in total. The minimum Gasteiger partial charge on any atom is -0.333 e. The van der Waals surface area contributed by atoms with Crippen LogP contribution < -0.4 is 4.72 Å². The Morgan fingerprint density at radius 3 is 2.77 bits per heavy atom. The van der Waals surface area contributed by atoms with Gasteiger partial charge in [0.2, 0.25) is 15.8 Å². The molecule has 0 aliphatic rings. The van der Waals surface area contributed by atoms with Crippen molar-refractivity contribution in [2.24, 2.45) is 0 Å². The highest BCUT2D eigenvalue weighted by molar-refractivity contribution is 7.89. The Bertz CT molecular complexity index is 1290. The Morgan fingerprint density at radius 2 is 2.03 bits per heavy atom. The average Bonchev–Trinajstić information content (AvgIpc) is 3.42. The maximum Gasteiger partial charge on any atom is 0.268 e. The third-order valence-corrected chi connectivity index (χ3v) is 8.33. The van der Waals surface area contributed by atoms with E-state index in [0.29, 0.717) is 28.3 Å². The van der Waals surface area contributed by atoms with Crippen LogP contribution in [-0.4, -0.2) is 25.1 Å². The SMILES string of the molecule is Cc1ccsc1CCNS(=O)(=O)c1cc(-c2nc(-c3cccc(F)c3)no2)sc1C. The first-order valence-electron chi connectivity index (χ1n) is 9.06. The summed E-state index contributed by atoms with van der Waals surface area (Å²) in [6.07, 6.45) is 0.638. The zero-order valence-corrected chi connectivity index (χ0v) is 18.6. The van der Waals surface area contributed by atoms with Crippen LogP contribution in [0.3, 0.4) is 0 Å². The van der Waals surface area contributed by atoms with Gasteiger partial charge in [-0.25, -0.2) is 17.5 Å². The average molecular weight is 464 g/mol. The molecular formula is C20H18FN3O3S3. The van der Waals surface area contributed by atoms with E-state index in [0.717, 1.165) is 4.88 Å². The number of benzene rings is 1. The second kappa shape index (κ2) is 8.38. The van der Waals surface area contributed by atoms with Crippen molar-refractivity contribution in [2.45, 2.75) is 25.2 Å². The fraction of sp³-hybridized carbons (Fsp3) is 0.200. The third kappa shape index (κ3) is 4.36. The Labute approximate surface area is 181 Å². The first-order chi connectivity index (χ1) is 14.3. The number of rotatable bonds is 7. The van der Waals surface area contributed by atoms with Gasteiger partial charge in [-0.1, -0.05) is 17.3 Å². The standard InChI is InChI=1S/C20H18FN3O3S3/c1-12-7-9-28-16(12)6-8-22-30(25,26)18-11-17(29-13(18)2)20-23-19(24-27-20)14-4-3-5-15(21)10-14/h3-5,7,9-11,22H,6,8H2,1-2H3. The van der Waals surface area contributed by atoms with Gasteiger partial charge < -0.3 is 4.52 Å². The molecule has 0 spiro atoms. The van der Waals surface area contributed by atoms with Crippen LogP contribution in [-0.2, 0) is 16.4 Å². The summed E-state index contributed by atoms with van der Waals surface area (Å²) in [5.41, 5.74) is 1.65. The lowest BCUT2D eigenvalue weighted by Crippen LogP contribution is -2.26. The first kappa shape index (κ1) is 20.9. The molecule has 0 unspecified atom stereocenters. The van der Waals surface area contributed by atoms with Crippen LogP contribution in [0.2, 0.25) is 0 Å². The van der Waals surface area contributed by atoms with E-state index >= 15 is 0 Å². The normalized spacial score (nSPS) is 11.8. The number of hydrogen-bond donors (Lipinski definition) is 1. The maximum absolute atomic E-state index is 13.4. The number of aromatic nitrogens is 2. The summed E-state index contributed by atoms with van der Waals surface area (Å²) >= 11 is 2.87. The van der Waals surface area contributed by atoms with Crippen LogP contribution in [0, 0.1) is 19.7 Å². The number of halogens is 1. The molecule has 0 atom stereocenters. The monoisotopic (exact) mass is 463 g/mol. The molecule has 156 valence electrons. The molecule has 30 heavy (non-hydrogen) atoms. The van der Waals surface area contributed by atoms with Gasteiger partial charge in [-0.15, -0.1) is 22.7 Å². The lowest BCUT2D eigenvalue weighted by atomic mass is 10.2. The van der Waals surface area contributed by atoms with E-state index in [4.69, 9.17) is 4.52 Å². The van der Waals surface area contributed by atoms with Gasteiger partial charge in [0.05, 0.1) is 9.77 Å². The summed E-state index contributed by atoms with van der Waals surface area (Å²) in [6.45, 7) is 4.06. The van der Waals surface area contributed by atoms with E-state index in [1.807, 2.05) is 18.4 Å². The Morgan fingerprint density at radius 1 is 1.20 bits per heavy atom. The highest BCUT2D eigenvalue weighted by Crippen LogP contribution is 2.33.